The molecule has 10 heteroatoms. The van der Waals surface area contributed by atoms with Gasteiger partial charge in [-0.05, 0) is 49.3 Å². The molecule has 0 bridgehead atoms. The second-order valence-electron chi connectivity index (χ2n) is 9.13. The molecule has 1 saturated carbocycles. The number of nitrogens with one attached hydrogen (secondary N) is 1. The number of carbonyl (C=O) groups is 1. The average Bonchev–Trinajstić information content (AvgIpc) is 3.59. The van der Waals surface area contributed by atoms with Crippen molar-refractivity contribution < 1.29 is 13.6 Å². The SMILES string of the molecule is CC.Nc1ccc(C(=O)Nc2nccc(N3CCC(F)(F)CC3)n2)c(N2CCC3(CC2)CC3)n1. The van der Waals surface area contributed by atoms with Crippen LogP contribution >= 0.6 is 0 Å². The Bertz CT molecular complexity index is 1010. The van der Waals surface area contributed by atoms with Crippen LogP contribution in [-0.4, -0.2) is 53.0 Å². The predicted octanol–water partition coefficient (Wildman–Crippen LogP) is 4.35. The summed E-state index contributed by atoms with van der Waals surface area (Å²) in [4.78, 5) is 30.0. The quantitative estimate of drug-likeness (QED) is 0.681. The Hall–Kier alpha value is -3.04. The number of alkyl halides is 2. The van der Waals surface area contributed by atoms with Crippen LogP contribution in [0.25, 0.3) is 0 Å². The number of nitrogens with zero attached hydrogens (tertiary/aromatic N) is 5. The van der Waals surface area contributed by atoms with Crippen LogP contribution in [0.2, 0.25) is 0 Å². The fourth-order valence-corrected chi connectivity index (χ4v) is 4.57. The minimum atomic E-state index is -2.63. The highest BCUT2D eigenvalue weighted by atomic mass is 19.3. The Labute approximate surface area is 199 Å². The third kappa shape index (κ3) is 5.37. The standard InChI is InChI=1S/C22H27F2N7O.C2H6/c23-22(24)8-13-30(14-9-22)17-3-10-26-20(28-17)29-19(32)15-1-2-16(25)27-18(15)31-11-6-21(4-5-21)7-12-31;1-2/h1-3,10H,4-9,11-14H2,(H2,25,27)(H,26,28,29,32);1-2H3. The van der Waals surface area contributed by atoms with Crippen molar-refractivity contribution in [3.8, 4) is 0 Å². The van der Waals surface area contributed by atoms with Crippen LogP contribution in [0.5, 0.6) is 0 Å². The number of carbonyl (C=O) groups excluding carboxylic acids is 1. The smallest absolute Gasteiger partial charge is 0.261 e. The van der Waals surface area contributed by atoms with Gasteiger partial charge in [-0.15, -0.1) is 0 Å². The molecule has 0 unspecified atom stereocenters. The van der Waals surface area contributed by atoms with Crippen LogP contribution in [0.1, 0.15) is 62.7 Å². The lowest BCUT2D eigenvalue weighted by atomic mass is 9.93. The predicted molar refractivity (Wildman–Crippen MR) is 129 cm³/mol. The van der Waals surface area contributed by atoms with Gasteiger partial charge < -0.3 is 15.5 Å². The molecule has 34 heavy (non-hydrogen) atoms. The summed E-state index contributed by atoms with van der Waals surface area (Å²) in [7, 11) is 0. The first kappa shape index (κ1) is 24.1. The first-order chi connectivity index (χ1) is 16.3. The van der Waals surface area contributed by atoms with Gasteiger partial charge in [0.15, 0.2) is 0 Å². The van der Waals surface area contributed by atoms with E-state index in [1.54, 1.807) is 23.1 Å². The van der Waals surface area contributed by atoms with Gasteiger partial charge >= 0.3 is 0 Å². The van der Waals surface area contributed by atoms with E-state index in [1.807, 2.05) is 13.8 Å². The van der Waals surface area contributed by atoms with Gasteiger partial charge in [0.2, 0.25) is 5.95 Å². The van der Waals surface area contributed by atoms with Crippen molar-refractivity contribution in [2.45, 2.75) is 58.3 Å². The molecule has 2 aromatic heterocycles. The van der Waals surface area contributed by atoms with Gasteiger partial charge in [0.05, 0.1) is 5.56 Å². The van der Waals surface area contributed by atoms with E-state index in [0.717, 1.165) is 25.9 Å². The van der Waals surface area contributed by atoms with Crippen molar-refractivity contribution in [3.63, 3.8) is 0 Å². The first-order valence-corrected chi connectivity index (χ1v) is 12.1. The molecule has 2 saturated heterocycles. The monoisotopic (exact) mass is 473 g/mol. The average molecular weight is 474 g/mol. The molecule has 3 aliphatic rings. The normalized spacial score (nSPS) is 20.4. The maximum absolute atomic E-state index is 13.5. The summed E-state index contributed by atoms with van der Waals surface area (Å²) in [5, 5.41) is 2.74. The summed E-state index contributed by atoms with van der Waals surface area (Å²) < 4.78 is 26.9. The molecule has 8 nitrogen and oxygen atoms in total. The van der Waals surface area contributed by atoms with Crippen molar-refractivity contribution in [1.82, 2.24) is 15.0 Å². The minimum Gasteiger partial charge on any atom is -0.384 e. The highest BCUT2D eigenvalue weighted by Gasteiger charge is 2.45. The zero-order chi connectivity index (χ0) is 24.3. The Morgan fingerprint density at radius 3 is 2.24 bits per heavy atom. The minimum absolute atomic E-state index is 0.128. The zero-order valence-electron chi connectivity index (χ0n) is 19.9. The van der Waals surface area contributed by atoms with Gasteiger partial charge in [0.1, 0.15) is 17.5 Å². The lowest BCUT2D eigenvalue weighted by Crippen LogP contribution is -2.39. The molecule has 1 aliphatic carbocycles. The van der Waals surface area contributed by atoms with E-state index in [0.29, 0.717) is 28.4 Å². The molecule has 3 fully saturated rings. The van der Waals surface area contributed by atoms with E-state index in [2.05, 4.69) is 25.2 Å². The van der Waals surface area contributed by atoms with Crippen molar-refractivity contribution in [3.05, 3.63) is 30.0 Å². The van der Waals surface area contributed by atoms with E-state index in [1.165, 1.54) is 19.0 Å². The summed E-state index contributed by atoms with van der Waals surface area (Å²) in [6.45, 7) is 6.12. The van der Waals surface area contributed by atoms with E-state index in [9.17, 15) is 13.6 Å². The summed E-state index contributed by atoms with van der Waals surface area (Å²) in [5.74, 6) is -1.42. The van der Waals surface area contributed by atoms with Crippen molar-refractivity contribution in [2.24, 2.45) is 5.41 Å². The summed E-state index contributed by atoms with van der Waals surface area (Å²) in [5.41, 5.74) is 6.84. The molecular formula is C24H33F2N7O. The molecule has 184 valence electrons. The summed E-state index contributed by atoms with van der Waals surface area (Å²) in [6, 6.07) is 4.94. The van der Waals surface area contributed by atoms with Crippen molar-refractivity contribution in [2.75, 3.05) is 47.0 Å². The number of hydrogen-bond donors (Lipinski definition) is 2. The summed E-state index contributed by atoms with van der Waals surface area (Å²) >= 11 is 0. The van der Waals surface area contributed by atoms with E-state index in [4.69, 9.17) is 5.73 Å². The molecule has 0 radical (unpaired) electrons. The Kier molecular flexibility index (Phi) is 6.86. The lowest BCUT2D eigenvalue weighted by molar-refractivity contribution is -0.0221. The largest absolute Gasteiger partial charge is 0.384 e. The van der Waals surface area contributed by atoms with Gasteiger partial charge in [-0.25, -0.2) is 18.7 Å². The van der Waals surface area contributed by atoms with Crippen LogP contribution in [0.4, 0.5) is 32.2 Å². The fourth-order valence-electron chi connectivity index (χ4n) is 4.57. The highest BCUT2D eigenvalue weighted by Crippen LogP contribution is 2.54. The molecule has 4 heterocycles. The van der Waals surface area contributed by atoms with Gasteiger partial charge in [-0.3, -0.25) is 10.1 Å². The molecule has 2 aliphatic heterocycles. The Balaban J connectivity index is 0.00000133. The fraction of sp³-hybridized carbons (Fsp3) is 0.583. The topological polar surface area (TPSA) is 100 Å². The number of pyridine rings is 1. The molecule has 5 rings (SSSR count). The number of anilines is 4. The zero-order valence-corrected chi connectivity index (χ0v) is 19.9. The maximum Gasteiger partial charge on any atom is 0.261 e. The summed E-state index contributed by atoms with van der Waals surface area (Å²) in [6.07, 6.45) is 5.88. The van der Waals surface area contributed by atoms with Crippen LogP contribution < -0.4 is 20.9 Å². The number of aromatic nitrogens is 3. The van der Waals surface area contributed by atoms with Gasteiger partial charge in [-0.2, -0.15) is 4.98 Å². The second-order valence-corrected chi connectivity index (χ2v) is 9.13. The second kappa shape index (κ2) is 9.68. The molecule has 1 spiro atoms. The van der Waals surface area contributed by atoms with E-state index >= 15 is 0 Å². The molecular weight excluding hydrogens is 440 g/mol. The maximum atomic E-state index is 13.5. The van der Waals surface area contributed by atoms with E-state index < -0.39 is 5.92 Å². The van der Waals surface area contributed by atoms with Gasteiger partial charge in [0.25, 0.3) is 11.8 Å². The first-order valence-electron chi connectivity index (χ1n) is 12.1. The van der Waals surface area contributed by atoms with Crippen LogP contribution in [0.3, 0.4) is 0 Å². The van der Waals surface area contributed by atoms with Crippen molar-refractivity contribution >= 4 is 29.3 Å². The van der Waals surface area contributed by atoms with Crippen LogP contribution in [0.15, 0.2) is 24.4 Å². The molecule has 3 N–H and O–H groups in total. The number of piperidine rings is 2. The molecule has 1 amide bonds. The Morgan fingerprint density at radius 2 is 1.59 bits per heavy atom. The third-order valence-corrected chi connectivity index (χ3v) is 6.91. The number of nitrogen functional groups attached to an aromatic ring is 1. The number of hydrogen-bond acceptors (Lipinski definition) is 7. The van der Waals surface area contributed by atoms with Crippen LogP contribution in [-0.2, 0) is 0 Å². The third-order valence-electron chi connectivity index (χ3n) is 6.91. The lowest BCUT2D eigenvalue weighted by Gasteiger charge is -2.34. The van der Waals surface area contributed by atoms with Gasteiger partial charge in [0, 0.05) is 45.2 Å². The van der Waals surface area contributed by atoms with Crippen LogP contribution in [0, 0.1) is 5.41 Å². The molecule has 0 aromatic carbocycles. The van der Waals surface area contributed by atoms with Crippen molar-refractivity contribution in [1.29, 1.82) is 0 Å². The Morgan fingerprint density at radius 1 is 0.941 bits per heavy atom. The number of amides is 1. The van der Waals surface area contributed by atoms with Gasteiger partial charge in [-0.1, -0.05) is 13.8 Å². The number of rotatable bonds is 4. The number of nitrogens with two attached hydrogens (primary N) is 1. The van der Waals surface area contributed by atoms with E-state index in [-0.39, 0.29) is 37.8 Å². The highest BCUT2D eigenvalue weighted by molar-refractivity contribution is 6.07. The number of halogens is 2. The molecule has 2 aromatic rings. The molecule has 0 atom stereocenters.